The van der Waals surface area contributed by atoms with Gasteiger partial charge in [0.1, 0.15) is 23.7 Å². The maximum Gasteiger partial charge on any atom is 0.143 e. The van der Waals surface area contributed by atoms with Crippen molar-refractivity contribution in [3.8, 4) is 5.75 Å². The minimum absolute atomic E-state index is 0.656. The second kappa shape index (κ2) is 8.02. The summed E-state index contributed by atoms with van der Waals surface area (Å²) in [7, 11) is 1.62. The Labute approximate surface area is 142 Å². The van der Waals surface area contributed by atoms with E-state index in [1.54, 1.807) is 13.2 Å². The third kappa shape index (κ3) is 4.99. The first-order valence-electron chi connectivity index (χ1n) is 7.66. The summed E-state index contributed by atoms with van der Waals surface area (Å²) in [4.78, 5) is 8.49. The number of methoxy groups -OCH3 is 1. The maximum atomic E-state index is 6.13. The number of nitrogens with one attached hydrogen (secondary N) is 2. The lowest BCUT2D eigenvalue weighted by molar-refractivity contribution is 0.416. The predicted octanol–water partition coefficient (Wildman–Crippen LogP) is 4.65. The SMILES string of the molecule is COc1cc(Cl)c(C)cc1Nc1cc(NCCC(C)C)ncn1. The van der Waals surface area contributed by atoms with Crippen molar-refractivity contribution in [2.75, 3.05) is 24.3 Å². The fourth-order valence-corrected chi connectivity index (χ4v) is 2.23. The van der Waals surface area contributed by atoms with Crippen LogP contribution in [-0.2, 0) is 0 Å². The van der Waals surface area contributed by atoms with Gasteiger partial charge < -0.3 is 15.4 Å². The van der Waals surface area contributed by atoms with Gasteiger partial charge in [0.15, 0.2) is 0 Å². The molecule has 2 aromatic rings. The monoisotopic (exact) mass is 334 g/mol. The molecule has 0 spiro atoms. The largest absolute Gasteiger partial charge is 0.495 e. The summed E-state index contributed by atoms with van der Waals surface area (Å²) >= 11 is 6.13. The van der Waals surface area contributed by atoms with Gasteiger partial charge in [-0.25, -0.2) is 9.97 Å². The highest BCUT2D eigenvalue weighted by Gasteiger charge is 2.08. The van der Waals surface area contributed by atoms with Crippen LogP contribution in [0.25, 0.3) is 0 Å². The Morgan fingerprint density at radius 2 is 1.91 bits per heavy atom. The summed E-state index contributed by atoms with van der Waals surface area (Å²) in [6, 6.07) is 5.61. The van der Waals surface area contributed by atoms with Gasteiger partial charge in [0.25, 0.3) is 0 Å². The number of rotatable bonds is 7. The Morgan fingerprint density at radius 3 is 2.61 bits per heavy atom. The number of nitrogens with zero attached hydrogens (tertiary/aromatic N) is 2. The number of benzene rings is 1. The molecular weight excluding hydrogens is 312 g/mol. The first kappa shape index (κ1) is 17.3. The molecule has 0 fully saturated rings. The van der Waals surface area contributed by atoms with Crippen molar-refractivity contribution in [1.82, 2.24) is 9.97 Å². The van der Waals surface area contributed by atoms with Crippen LogP contribution in [0.2, 0.25) is 5.02 Å². The van der Waals surface area contributed by atoms with Gasteiger partial charge in [-0.3, -0.25) is 0 Å². The second-order valence-electron chi connectivity index (χ2n) is 5.82. The molecule has 0 saturated carbocycles. The average molecular weight is 335 g/mol. The smallest absolute Gasteiger partial charge is 0.143 e. The van der Waals surface area contributed by atoms with Crippen LogP contribution in [0.5, 0.6) is 5.75 Å². The molecule has 0 amide bonds. The van der Waals surface area contributed by atoms with E-state index in [2.05, 4.69) is 34.4 Å². The van der Waals surface area contributed by atoms with E-state index in [0.29, 0.717) is 22.5 Å². The molecule has 1 aromatic carbocycles. The van der Waals surface area contributed by atoms with Crippen LogP contribution in [-0.4, -0.2) is 23.6 Å². The van der Waals surface area contributed by atoms with Gasteiger partial charge in [-0.05, 0) is 30.9 Å². The molecule has 0 aliphatic carbocycles. The molecule has 1 aromatic heterocycles. The van der Waals surface area contributed by atoms with Crippen LogP contribution >= 0.6 is 11.6 Å². The van der Waals surface area contributed by atoms with Gasteiger partial charge in [0.2, 0.25) is 0 Å². The molecule has 0 radical (unpaired) electrons. The summed E-state index contributed by atoms with van der Waals surface area (Å²) < 4.78 is 5.37. The molecule has 2 N–H and O–H groups in total. The Hall–Kier alpha value is -2.01. The van der Waals surface area contributed by atoms with Crippen molar-refractivity contribution in [2.45, 2.75) is 27.2 Å². The zero-order valence-electron chi connectivity index (χ0n) is 14.0. The van der Waals surface area contributed by atoms with Crippen molar-refractivity contribution in [2.24, 2.45) is 5.92 Å². The number of anilines is 3. The lowest BCUT2D eigenvalue weighted by atomic mass is 10.1. The third-order valence-corrected chi connectivity index (χ3v) is 3.85. The van der Waals surface area contributed by atoms with Crippen LogP contribution in [0.4, 0.5) is 17.3 Å². The molecule has 6 heteroatoms. The third-order valence-electron chi connectivity index (χ3n) is 3.44. The Kier molecular flexibility index (Phi) is 6.04. The summed E-state index contributed by atoms with van der Waals surface area (Å²) in [6.07, 6.45) is 2.63. The number of hydrogen-bond donors (Lipinski definition) is 2. The van der Waals surface area contributed by atoms with E-state index in [9.17, 15) is 0 Å². The summed E-state index contributed by atoms with van der Waals surface area (Å²) in [5, 5.41) is 7.24. The van der Waals surface area contributed by atoms with Crippen molar-refractivity contribution in [3.05, 3.63) is 35.1 Å². The molecular formula is C17H23ClN4O. The van der Waals surface area contributed by atoms with Gasteiger partial charge in [0, 0.05) is 23.7 Å². The van der Waals surface area contributed by atoms with E-state index in [1.807, 2.05) is 19.1 Å². The molecule has 0 saturated heterocycles. The van der Waals surface area contributed by atoms with Gasteiger partial charge in [-0.1, -0.05) is 25.4 Å². The van der Waals surface area contributed by atoms with E-state index >= 15 is 0 Å². The van der Waals surface area contributed by atoms with Gasteiger partial charge in [-0.2, -0.15) is 0 Å². The first-order chi connectivity index (χ1) is 11.0. The fraction of sp³-hybridized carbons (Fsp3) is 0.412. The summed E-state index contributed by atoms with van der Waals surface area (Å²) in [5.41, 5.74) is 1.79. The van der Waals surface area contributed by atoms with E-state index in [-0.39, 0.29) is 0 Å². The minimum atomic E-state index is 0.656. The Morgan fingerprint density at radius 1 is 1.17 bits per heavy atom. The van der Waals surface area contributed by atoms with E-state index < -0.39 is 0 Å². The first-order valence-corrected chi connectivity index (χ1v) is 8.04. The van der Waals surface area contributed by atoms with Crippen LogP contribution in [0.1, 0.15) is 25.8 Å². The highest BCUT2D eigenvalue weighted by Crippen LogP contribution is 2.32. The predicted molar refractivity (Wildman–Crippen MR) is 96.0 cm³/mol. The number of aromatic nitrogens is 2. The highest BCUT2D eigenvalue weighted by atomic mass is 35.5. The summed E-state index contributed by atoms with van der Waals surface area (Å²) in [6.45, 7) is 7.23. The maximum absolute atomic E-state index is 6.13. The zero-order chi connectivity index (χ0) is 16.8. The Bertz CT molecular complexity index is 661. The minimum Gasteiger partial charge on any atom is -0.495 e. The molecule has 0 unspecified atom stereocenters. The molecule has 0 aliphatic heterocycles. The van der Waals surface area contributed by atoms with Crippen LogP contribution in [0.15, 0.2) is 24.5 Å². The normalized spacial score (nSPS) is 10.7. The molecule has 2 rings (SSSR count). The standard InChI is InChI=1S/C17H23ClN4O/c1-11(2)5-6-19-16-9-17(21-10-20-16)22-14-7-12(3)13(18)8-15(14)23-4/h7-11H,5-6H2,1-4H3,(H2,19,20,21,22). The average Bonchev–Trinajstić information content (AvgIpc) is 2.51. The van der Waals surface area contributed by atoms with Gasteiger partial charge in [-0.15, -0.1) is 0 Å². The van der Waals surface area contributed by atoms with Crippen molar-refractivity contribution in [3.63, 3.8) is 0 Å². The van der Waals surface area contributed by atoms with E-state index in [1.165, 1.54) is 6.33 Å². The quantitative estimate of drug-likeness (QED) is 0.771. The fourth-order valence-electron chi connectivity index (χ4n) is 2.08. The van der Waals surface area contributed by atoms with Gasteiger partial charge in [0.05, 0.1) is 12.8 Å². The molecule has 1 heterocycles. The highest BCUT2D eigenvalue weighted by molar-refractivity contribution is 6.31. The van der Waals surface area contributed by atoms with Gasteiger partial charge >= 0.3 is 0 Å². The number of halogens is 1. The number of hydrogen-bond acceptors (Lipinski definition) is 5. The molecule has 0 bridgehead atoms. The summed E-state index contributed by atoms with van der Waals surface area (Å²) in [5.74, 6) is 2.83. The van der Waals surface area contributed by atoms with Crippen LogP contribution in [0.3, 0.4) is 0 Å². The van der Waals surface area contributed by atoms with E-state index in [4.69, 9.17) is 16.3 Å². The van der Waals surface area contributed by atoms with Crippen LogP contribution < -0.4 is 15.4 Å². The van der Waals surface area contributed by atoms with Crippen molar-refractivity contribution in [1.29, 1.82) is 0 Å². The second-order valence-corrected chi connectivity index (χ2v) is 6.23. The molecule has 124 valence electrons. The molecule has 5 nitrogen and oxygen atoms in total. The van der Waals surface area contributed by atoms with Crippen molar-refractivity contribution < 1.29 is 4.74 Å². The molecule has 0 atom stereocenters. The lowest BCUT2D eigenvalue weighted by Crippen LogP contribution is -2.07. The number of aryl methyl sites for hydroxylation is 1. The zero-order valence-corrected chi connectivity index (χ0v) is 14.7. The molecule has 23 heavy (non-hydrogen) atoms. The van der Waals surface area contributed by atoms with Crippen LogP contribution in [0, 0.1) is 12.8 Å². The Balaban J connectivity index is 2.13. The topological polar surface area (TPSA) is 59.1 Å². The van der Waals surface area contributed by atoms with E-state index in [0.717, 1.165) is 30.0 Å². The van der Waals surface area contributed by atoms with Crippen molar-refractivity contribution >= 4 is 28.9 Å². The molecule has 0 aliphatic rings. The number of ether oxygens (including phenoxy) is 1. The lowest BCUT2D eigenvalue weighted by Gasteiger charge is -2.13.